The lowest BCUT2D eigenvalue weighted by atomic mass is 9.64. The molecule has 0 aliphatic heterocycles. The minimum Gasteiger partial charge on any atom is -0.0651 e. The van der Waals surface area contributed by atoms with Crippen LogP contribution in [0.4, 0.5) is 0 Å². The average molecular weight is 138 g/mol. The Hall–Kier alpha value is 0. The molecular formula is C10H18. The molecule has 58 valence electrons. The molecule has 0 amide bonds. The number of fused-ring (bicyclic) bond motifs is 3. The third-order valence-electron chi connectivity index (χ3n) is 3.72. The topological polar surface area (TPSA) is 0 Å². The molecule has 0 aromatic carbocycles. The predicted octanol–water partition coefficient (Wildman–Crippen LogP) is 3.22. The maximum absolute atomic E-state index is 2.37. The summed E-state index contributed by atoms with van der Waals surface area (Å²) < 4.78 is 0. The lowest BCUT2D eigenvalue weighted by molar-refractivity contribution is 0.0964. The molecule has 0 aromatic heterocycles. The molecule has 1 unspecified atom stereocenters. The summed E-state index contributed by atoms with van der Waals surface area (Å²) in [6.07, 6.45) is 9.25. The Labute approximate surface area is 64.0 Å². The maximum atomic E-state index is 2.37. The van der Waals surface area contributed by atoms with E-state index in [2.05, 4.69) is 6.92 Å². The standard InChI is InChI=1S/C10H18/c1-2-9-7-8-3-5-10(9)6-4-8/h8-10H,2-7H2,1H3. The molecule has 0 spiro atoms. The summed E-state index contributed by atoms with van der Waals surface area (Å²) in [6, 6.07) is 0. The van der Waals surface area contributed by atoms with Crippen LogP contribution in [0.5, 0.6) is 0 Å². The molecule has 0 N–H and O–H groups in total. The molecule has 0 heterocycles. The zero-order valence-electron chi connectivity index (χ0n) is 6.97. The van der Waals surface area contributed by atoms with Crippen molar-refractivity contribution in [3.63, 3.8) is 0 Å². The number of hydrogen-bond donors (Lipinski definition) is 0. The number of rotatable bonds is 1. The Bertz CT molecular complexity index is 109. The van der Waals surface area contributed by atoms with Gasteiger partial charge < -0.3 is 0 Å². The smallest absolute Gasteiger partial charge is 0.0386 e. The van der Waals surface area contributed by atoms with E-state index in [0.29, 0.717) is 0 Å². The van der Waals surface area contributed by atoms with Crippen LogP contribution in [0.2, 0.25) is 0 Å². The molecule has 1 atom stereocenters. The Balaban J connectivity index is 2.01. The van der Waals surface area contributed by atoms with Gasteiger partial charge in [-0.1, -0.05) is 26.2 Å². The fraction of sp³-hybridized carbons (Fsp3) is 1.00. The summed E-state index contributed by atoms with van der Waals surface area (Å²) in [5, 5.41) is 0. The molecule has 2 bridgehead atoms. The summed E-state index contributed by atoms with van der Waals surface area (Å²) in [4.78, 5) is 0. The highest BCUT2D eigenvalue weighted by Gasteiger charge is 2.33. The second-order valence-corrected chi connectivity index (χ2v) is 4.18. The third kappa shape index (κ3) is 0.980. The Morgan fingerprint density at radius 1 is 1.10 bits per heavy atom. The molecule has 3 aliphatic rings. The van der Waals surface area contributed by atoms with Crippen LogP contribution < -0.4 is 0 Å². The van der Waals surface area contributed by atoms with Gasteiger partial charge in [0.2, 0.25) is 0 Å². The van der Waals surface area contributed by atoms with Crippen molar-refractivity contribution in [2.24, 2.45) is 17.8 Å². The van der Waals surface area contributed by atoms with Crippen molar-refractivity contribution in [1.82, 2.24) is 0 Å². The zero-order chi connectivity index (χ0) is 6.97. The summed E-state index contributed by atoms with van der Waals surface area (Å²) in [6.45, 7) is 2.37. The van der Waals surface area contributed by atoms with Gasteiger partial charge in [0.05, 0.1) is 0 Å². The van der Waals surface area contributed by atoms with Crippen molar-refractivity contribution in [2.45, 2.75) is 45.4 Å². The molecule has 3 fully saturated rings. The fourth-order valence-electron chi connectivity index (χ4n) is 3.02. The largest absolute Gasteiger partial charge is 0.0651 e. The molecule has 3 saturated carbocycles. The van der Waals surface area contributed by atoms with Crippen molar-refractivity contribution in [3.05, 3.63) is 0 Å². The van der Waals surface area contributed by atoms with E-state index in [9.17, 15) is 0 Å². The first kappa shape index (κ1) is 6.69. The molecule has 0 heteroatoms. The quantitative estimate of drug-likeness (QED) is 0.522. The first-order valence-electron chi connectivity index (χ1n) is 4.90. The highest BCUT2D eigenvalue weighted by Crippen LogP contribution is 2.45. The van der Waals surface area contributed by atoms with Gasteiger partial charge >= 0.3 is 0 Å². The Morgan fingerprint density at radius 2 is 1.80 bits per heavy atom. The van der Waals surface area contributed by atoms with Crippen LogP contribution in [0.1, 0.15) is 45.4 Å². The van der Waals surface area contributed by atoms with E-state index >= 15 is 0 Å². The Morgan fingerprint density at radius 3 is 2.10 bits per heavy atom. The molecule has 10 heavy (non-hydrogen) atoms. The molecular weight excluding hydrogens is 120 g/mol. The van der Waals surface area contributed by atoms with Crippen LogP contribution >= 0.6 is 0 Å². The van der Waals surface area contributed by atoms with Crippen molar-refractivity contribution < 1.29 is 0 Å². The van der Waals surface area contributed by atoms with Gasteiger partial charge in [-0.05, 0) is 37.0 Å². The summed E-state index contributed by atoms with van der Waals surface area (Å²) >= 11 is 0. The monoisotopic (exact) mass is 138 g/mol. The molecule has 0 radical (unpaired) electrons. The summed E-state index contributed by atoms with van der Waals surface area (Å²) in [5.74, 6) is 3.39. The van der Waals surface area contributed by atoms with Gasteiger partial charge in [0, 0.05) is 0 Å². The SMILES string of the molecule is CCC1CC2CCC1CC2. The van der Waals surface area contributed by atoms with Crippen LogP contribution in [-0.2, 0) is 0 Å². The molecule has 3 aliphatic carbocycles. The zero-order valence-corrected chi connectivity index (χ0v) is 6.97. The van der Waals surface area contributed by atoms with Crippen LogP contribution in [0.25, 0.3) is 0 Å². The van der Waals surface area contributed by atoms with E-state index in [1.165, 1.54) is 6.42 Å². The van der Waals surface area contributed by atoms with Crippen molar-refractivity contribution in [2.75, 3.05) is 0 Å². The van der Waals surface area contributed by atoms with Gasteiger partial charge in [0.1, 0.15) is 0 Å². The Kier molecular flexibility index (Phi) is 1.71. The van der Waals surface area contributed by atoms with Gasteiger partial charge in [-0.2, -0.15) is 0 Å². The molecule has 0 aromatic rings. The molecule has 3 rings (SSSR count). The van der Waals surface area contributed by atoms with Crippen LogP contribution in [0.15, 0.2) is 0 Å². The maximum Gasteiger partial charge on any atom is -0.0386 e. The fourth-order valence-corrected chi connectivity index (χ4v) is 3.02. The highest BCUT2D eigenvalue weighted by molar-refractivity contribution is 4.85. The normalized spacial score (nSPS) is 45.9. The summed E-state index contributed by atoms with van der Waals surface area (Å²) in [5.41, 5.74) is 0. The first-order chi connectivity index (χ1) is 4.90. The molecule has 0 nitrogen and oxygen atoms in total. The van der Waals surface area contributed by atoms with E-state index in [1.54, 1.807) is 32.1 Å². The number of hydrogen-bond acceptors (Lipinski definition) is 0. The van der Waals surface area contributed by atoms with Gasteiger partial charge in [-0.3, -0.25) is 0 Å². The van der Waals surface area contributed by atoms with Gasteiger partial charge in [-0.15, -0.1) is 0 Å². The average Bonchev–Trinajstić information content (AvgIpc) is 2.06. The van der Waals surface area contributed by atoms with Crippen LogP contribution in [0, 0.1) is 17.8 Å². The van der Waals surface area contributed by atoms with Crippen molar-refractivity contribution in [1.29, 1.82) is 0 Å². The van der Waals surface area contributed by atoms with Gasteiger partial charge in [-0.25, -0.2) is 0 Å². The van der Waals surface area contributed by atoms with Gasteiger partial charge in [0.25, 0.3) is 0 Å². The predicted molar refractivity (Wildman–Crippen MR) is 43.8 cm³/mol. The lowest BCUT2D eigenvalue weighted by Gasteiger charge is -2.42. The van der Waals surface area contributed by atoms with E-state index in [4.69, 9.17) is 0 Å². The highest BCUT2D eigenvalue weighted by atomic mass is 14.4. The first-order valence-corrected chi connectivity index (χ1v) is 4.90. The van der Waals surface area contributed by atoms with Crippen LogP contribution in [-0.4, -0.2) is 0 Å². The second kappa shape index (κ2) is 2.56. The van der Waals surface area contributed by atoms with E-state index in [-0.39, 0.29) is 0 Å². The minimum atomic E-state index is 1.12. The molecule has 0 saturated heterocycles. The third-order valence-corrected chi connectivity index (χ3v) is 3.72. The summed E-state index contributed by atoms with van der Waals surface area (Å²) in [7, 11) is 0. The van der Waals surface area contributed by atoms with E-state index in [1.807, 2.05) is 0 Å². The lowest BCUT2D eigenvalue weighted by Crippen LogP contribution is -2.30. The van der Waals surface area contributed by atoms with Crippen molar-refractivity contribution >= 4 is 0 Å². The second-order valence-electron chi connectivity index (χ2n) is 4.18. The van der Waals surface area contributed by atoms with Gasteiger partial charge in [0.15, 0.2) is 0 Å². The van der Waals surface area contributed by atoms with Crippen molar-refractivity contribution in [3.8, 4) is 0 Å². The van der Waals surface area contributed by atoms with E-state index < -0.39 is 0 Å². The van der Waals surface area contributed by atoms with Crippen LogP contribution in [0.3, 0.4) is 0 Å². The van der Waals surface area contributed by atoms with E-state index in [0.717, 1.165) is 17.8 Å². The minimum absolute atomic E-state index is 1.12.